The molecule has 0 saturated heterocycles. The number of nitrogens with zero attached hydrogens (tertiary/aromatic N) is 2. The highest BCUT2D eigenvalue weighted by Crippen LogP contribution is 2.31. The number of aliphatic imine (C=N–C) groups is 1. The molecule has 9 nitrogen and oxygen atoms in total. The van der Waals surface area contributed by atoms with E-state index in [0.717, 1.165) is 6.07 Å². The van der Waals surface area contributed by atoms with Crippen molar-refractivity contribution in [2.75, 3.05) is 6.61 Å². The van der Waals surface area contributed by atoms with Crippen LogP contribution >= 0.6 is 0 Å². The molecule has 0 N–H and O–H groups in total. The first-order valence-corrected chi connectivity index (χ1v) is 10.4. The Kier molecular flexibility index (Phi) is 6.63. The monoisotopic (exact) mass is 476 g/mol. The molecule has 1 heterocycles. The van der Waals surface area contributed by atoms with Gasteiger partial charge in [-0.1, -0.05) is 18.2 Å². The Morgan fingerprint density at radius 3 is 2.66 bits per heavy atom. The zero-order chi connectivity index (χ0) is 24.9. The largest absolute Gasteiger partial charge is 0.490 e. The zero-order valence-electron chi connectivity index (χ0n) is 18.3. The topological polar surface area (TPSA) is 117 Å². The van der Waals surface area contributed by atoms with Crippen molar-refractivity contribution < 1.29 is 33.1 Å². The number of carbonyl (C=O) groups excluding carboxylic acids is 2. The van der Waals surface area contributed by atoms with E-state index in [1.54, 1.807) is 19.1 Å². The maximum Gasteiger partial charge on any atom is 0.363 e. The maximum atomic E-state index is 13.5. The van der Waals surface area contributed by atoms with Gasteiger partial charge in [0.25, 0.3) is 5.69 Å². The molecule has 4 rings (SSSR count). The number of esters is 2. The van der Waals surface area contributed by atoms with Crippen LogP contribution in [0.15, 0.2) is 77.4 Å². The molecular formula is C25H17FN2O7. The Labute approximate surface area is 198 Å². The number of non-ortho nitro benzene ring substituents is 1. The van der Waals surface area contributed by atoms with Gasteiger partial charge in [0.1, 0.15) is 5.82 Å². The summed E-state index contributed by atoms with van der Waals surface area (Å²) >= 11 is 0. The fourth-order valence-corrected chi connectivity index (χ4v) is 3.18. The molecule has 0 aromatic heterocycles. The summed E-state index contributed by atoms with van der Waals surface area (Å²) in [7, 11) is 0. The highest BCUT2D eigenvalue weighted by Gasteiger charge is 2.25. The SMILES string of the molecule is CCOc1cc(/C=C2/N=C(c3cccc(F)c3)OC2=O)ccc1OC(=O)c1cccc([N+](=O)[O-])c1. The lowest BCUT2D eigenvalue weighted by molar-refractivity contribution is -0.384. The molecule has 176 valence electrons. The van der Waals surface area contributed by atoms with E-state index in [2.05, 4.69) is 4.99 Å². The van der Waals surface area contributed by atoms with Crippen LogP contribution in [0.5, 0.6) is 11.5 Å². The van der Waals surface area contributed by atoms with E-state index in [0.29, 0.717) is 11.1 Å². The first kappa shape index (κ1) is 23.3. The second kappa shape index (κ2) is 9.96. The van der Waals surface area contributed by atoms with Crippen LogP contribution in [0.4, 0.5) is 10.1 Å². The summed E-state index contributed by atoms with van der Waals surface area (Å²) in [5, 5.41) is 11.0. The summed E-state index contributed by atoms with van der Waals surface area (Å²) in [6, 6.07) is 15.2. The molecule has 0 aliphatic carbocycles. The van der Waals surface area contributed by atoms with E-state index >= 15 is 0 Å². The molecule has 0 amide bonds. The molecule has 0 radical (unpaired) electrons. The minimum absolute atomic E-state index is 0.000703. The normalized spacial score (nSPS) is 13.8. The second-order valence-corrected chi connectivity index (χ2v) is 7.18. The molecule has 1 aliphatic rings. The van der Waals surface area contributed by atoms with Gasteiger partial charge in [-0.15, -0.1) is 0 Å². The molecule has 0 atom stereocenters. The van der Waals surface area contributed by atoms with Gasteiger partial charge in [-0.25, -0.2) is 19.0 Å². The highest BCUT2D eigenvalue weighted by molar-refractivity contribution is 6.12. The molecule has 3 aromatic carbocycles. The van der Waals surface area contributed by atoms with Crippen LogP contribution in [0, 0.1) is 15.9 Å². The first-order chi connectivity index (χ1) is 16.8. The van der Waals surface area contributed by atoms with Crippen molar-refractivity contribution in [1.29, 1.82) is 0 Å². The Bertz CT molecular complexity index is 1400. The fourth-order valence-electron chi connectivity index (χ4n) is 3.18. The second-order valence-electron chi connectivity index (χ2n) is 7.18. The molecule has 10 heteroatoms. The summed E-state index contributed by atoms with van der Waals surface area (Å²) in [5.74, 6) is -1.72. The lowest BCUT2D eigenvalue weighted by Crippen LogP contribution is -2.10. The van der Waals surface area contributed by atoms with Crippen LogP contribution in [0.2, 0.25) is 0 Å². The number of hydrogen-bond donors (Lipinski definition) is 0. The lowest BCUT2D eigenvalue weighted by atomic mass is 10.1. The summed E-state index contributed by atoms with van der Waals surface area (Å²) in [4.78, 5) is 39.3. The van der Waals surface area contributed by atoms with Crippen LogP contribution in [0.25, 0.3) is 6.08 Å². The van der Waals surface area contributed by atoms with Crippen molar-refractivity contribution in [2.45, 2.75) is 6.92 Å². The molecule has 0 spiro atoms. The molecule has 35 heavy (non-hydrogen) atoms. The standard InChI is InChI=1S/C25H17FN2O7/c1-2-33-22-12-15(11-20-25(30)35-23(27-20)16-5-3-7-18(26)13-16)9-10-21(22)34-24(29)17-6-4-8-19(14-17)28(31)32/h3-14H,2H2,1H3/b20-11+. The van der Waals surface area contributed by atoms with Crippen LogP contribution in [0.1, 0.15) is 28.4 Å². The number of nitro groups is 1. The average molecular weight is 476 g/mol. The van der Waals surface area contributed by atoms with E-state index in [9.17, 15) is 24.1 Å². The van der Waals surface area contributed by atoms with Crippen molar-refractivity contribution in [3.63, 3.8) is 0 Å². The van der Waals surface area contributed by atoms with E-state index < -0.39 is 22.7 Å². The van der Waals surface area contributed by atoms with E-state index in [1.807, 2.05) is 0 Å². The fraction of sp³-hybridized carbons (Fsp3) is 0.0800. The number of nitro benzene ring substituents is 1. The number of rotatable bonds is 7. The predicted octanol–water partition coefficient (Wildman–Crippen LogP) is 4.70. The molecule has 0 unspecified atom stereocenters. The van der Waals surface area contributed by atoms with Gasteiger partial charge in [0.05, 0.1) is 17.1 Å². The van der Waals surface area contributed by atoms with Gasteiger partial charge in [0.15, 0.2) is 17.2 Å². The van der Waals surface area contributed by atoms with Crippen molar-refractivity contribution in [1.82, 2.24) is 0 Å². The summed E-state index contributed by atoms with van der Waals surface area (Å²) in [5.41, 5.74) is 0.571. The number of benzene rings is 3. The van der Waals surface area contributed by atoms with Gasteiger partial charge < -0.3 is 14.2 Å². The number of cyclic esters (lactones) is 1. The number of ether oxygens (including phenoxy) is 3. The third-order valence-corrected chi connectivity index (χ3v) is 4.76. The third-order valence-electron chi connectivity index (χ3n) is 4.76. The molecule has 1 aliphatic heterocycles. The Morgan fingerprint density at radius 2 is 1.91 bits per heavy atom. The minimum atomic E-state index is -0.801. The van der Waals surface area contributed by atoms with Gasteiger partial charge in [0, 0.05) is 17.7 Å². The summed E-state index contributed by atoms with van der Waals surface area (Å²) < 4.78 is 29.6. The lowest BCUT2D eigenvalue weighted by Gasteiger charge is -2.11. The highest BCUT2D eigenvalue weighted by atomic mass is 19.1. The Morgan fingerprint density at radius 1 is 1.11 bits per heavy atom. The minimum Gasteiger partial charge on any atom is -0.490 e. The molecule has 0 fully saturated rings. The maximum absolute atomic E-state index is 13.5. The Hall–Kier alpha value is -4.86. The quantitative estimate of drug-likeness (QED) is 0.160. The van der Waals surface area contributed by atoms with Crippen molar-refractivity contribution >= 4 is 29.6 Å². The van der Waals surface area contributed by atoms with Gasteiger partial charge in [0.2, 0.25) is 5.90 Å². The van der Waals surface area contributed by atoms with Gasteiger partial charge in [-0.2, -0.15) is 0 Å². The van der Waals surface area contributed by atoms with Crippen molar-refractivity contribution in [3.8, 4) is 11.5 Å². The van der Waals surface area contributed by atoms with Crippen LogP contribution in [-0.2, 0) is 9.53 Å². The average Bonchev–Trinajstić information content (AvgIpc) is 3.21. The molecule has 3 aromatic rings. The summed E-state index contributed by atoms with van der Waals surface area (Å²) in [6.07, 6.45) is 1.45. The van der Waals surface area contributed by atoms with Crippen molar-refractivity contribution in [2.24, 2.45) is 4.99 Å². The van der Waals surface area contributed by atoms with Crippen LogP contribution < -0.4 is 9.47 Å². The van der Waals surface area contributed by atoms with Gasteiger partial charge in [-0.3, -0.25) is 10.1 Å². The smallest absolute Gasteiger partial charge is 0.363 e. The van der Waals surface area contributed by atoms with Crippen molar-refractivity contribution in [3.05, 3.63) is 105 Å². The molecular weight excluding hydrogens is 459 g/mol. The molecule has 0 bridgehead atoms. The van der Waals surface area contributed by atoms with Gasteiger partial charge in [-0.05, 0) is 55.0 Å². The molecule has 0 saturated carbocycles. The number of carbonyl (C=O) groups is 2. The third kappa shape index (κ3) is 5.38. The van der Waals surface area contributed by atoms with Crippen LogP contribution in [-0.4, -0.2) is 29.4 Å². The summed E-state index contributed by atoms with van der Waals surface area (Å²) in [6.45, 7) is 1.99. The van der Waals surface area contributed by atoms with Crippen LogP contribution in [0.3, 0.4) is 0 Å². The van der Waals surface area contributed by atoms with E-state index in [1.165, 1.54) is 54.6 Å². The number of halogens is 1. The van der Waals surface area contributed by atoms with Gasteiger partial charge >= 0.3 is 11.9 Å². The first-order valence-electron chi connectivity index (χ1n) is 10.4. The van der Waals surface area contributed by atoms with E-state index in [-0.39, 0.29) is 41.0 Å². The zero-order valence-corrected chi connectivity index (χ0v) is 18.3. The number of hydrogen-bond acceptors (Lipinski definition) is 8. The predicted molar refractivity (Wildman–Crippen MR) is 123 cm³/mol. The van der Waals surface area contributed by atoms with E-state index in [4.69, 9.17) is 14.2 Å². The Balaban J connectivity index is 1.59.